The number of nitrogens with zero attached hydrogens (tertiary/aromatic N) is 1. The number of hydrogen-bond acceptors (Lipinski definition) is 4. The normalized spacial score (nSPS) is 10.5. The molecule has 0 saturated carbocycles. The van der Waals surface area contributed by atoms with Crippen molar-refractivity contribution in [2.45, 2.75) is 12.8 Å². The molecule has 1 heterocycles. The predicted octanol–water partition coefficient (Wildman–Crippen LogP) is 1.24. The van der Waals surface area contributed by atoms with Gasteiger partial charge >= 0.3 is 5.97 Å². The molecule has 0 fully saturated rings. The predicted molar refractivity (Wildman–Crippen MR) is 51.5 cm³/mol. The van der Waals surface area contributed by atoms with Crippen LogP contribution >= 0.6 is 0 Å². The average molecular weight is 232 g/mol. The highest BCUT2D eigenvalue weighted by Crippen LogP contribution is 2.33. The van der Waals surface area contributed by atoms with Crippen molar-refractivity contribution in [2.24, 2.45) is 0 Å². The van der Waals surface area contributed by atoms with Crippen molar-refractivity contribution in [3.05, 3.63) is 17.3 Å². The van der Waals surface area contributed by atoms with E-state index in [0.29, 0.717) is 0 Å². The van der Waals surface area contributed by atoms with E-state index in [-0.39, 0.29) is 17.1 Å². The van der Waals surface area contributed by atoms with Crippen molar-refractivity contribution in [1.82, 2.24) is 4.98 Å². The van der Waals surface area contributed by atoms with Crippen LogP contribution < -0.4 is 10.5 Å². The van der Waals surface area contributed by atoms with Gasteiger partial charge in [0, 0.05) is 5.56 Å². The van der Waals surface area contributed by atoms with E-state index in [1.807, 2.05) is 0 Å². The van der Waals surface area contributed by atoms with Crippen LogP contribution in [0.1, 0.15) is 17.6 Å². The molecule has 1 rings (SSSR count). The fourth-order valence-electron chi connectivity index (χ4n) is 1.30. The first-order valence-electron chi connectivity index (χ1n) is 4.28. The lowest BCUT2D eigenvalue weighted by molar-refractivity contribution is -0.136. The molecular weight excluding hydrogens is 222 g/mol. The number of alkyl halides is 2. The molecule has 0 spiro atoms. The van der Waals surface area contributed by atoms with Crippen molar-refractivity contribution < 1.29 is 23.4 Å². The van der Waals surface area contributed by atoms with Gasteiger partial charge in [-0.25, -0.2) is 13.8 Å². The maximum absolute atomic E-state index is 12.7. The molecule has 1 aromatic rings. The Hall–Kier alpha value is -1.92. The van der Waals surface area contributed by atoms with Gasteiger partial charge in [-0.15, -0.1) is 0 Å². The van der Waals surface area contributed by atoms with Gasteiger partial charge in [-0.2, -0.15) is 0 Å². The van der Waals surface area contributed by atoms with Gasteiger partial charge in [0.05, 0.1) is 31.0 Å². The topological polar surface area (TPSA) is 85.4 Å². The molecule has 88 valence electrons. The number of aliphatic carboxylic acids is 1. The minimum atomic E-state index is -2.89. The van der Waals surface area contributed by atoms with E-state index in [9.17, 15) is 13.6 Å². The number of aromatic nitrogens is 1. The second-order valence-electron chi connectivity index (χ2n) is 2.99. The zero-order valence-electron chi connectivity index (χ0n) is 8.41. The van der Waals surface area contributed by atoms with Crippen molar-refractivity contribution in [3.63, 3.8) is 0 Å². The first kappa shape index (κ1) is 12.2. The summed E-state index contributed by atoms with van der Waals surface area (Å²) in [5.74, 6) is -1.55. The molecule has 0 aliphatic carbocycles. The van der Waals surface area contributed by atoms with E-state index in [2.05, 4.69) is 9.72 Å². The van der Waals surface area contributed by atoms with Crippen LogP contribution in [-0.4, -0.2) is 23.2 Å². The highest BCUT2D eigenvalue weighted by molar-refractivity contribution is 5.74. The monoisotopic (exact) mass is 232 g/mol. The van der Waals surface area contributed by atoms with Crippen LogP contribution in [0.2, 0.25) is 0 Å². The maximum Gasteiger partial charge on any atom is 0.307 e. The number of nitrogen functional groups attached to an aromatic ring is 1. The van der Waals surface area contributed by atoms with Gasteiger partial charge < -0.3 is 15.6 Å². The molecule has 0 radical (unpaired) electrons. The van der Waals surface area contributed by atoms with E-state index in [4.69, 9.17) is 10.8 Å². The number of hydrogen-bond donors (Lipinski definition) is 2. The molecule has 0 unspecified atom stereocenters. The third-order valence-corrected chi connectivity index (χ3v) is 1.96. The number of carboxylic acids is 1. The molecule has 3 N–H and O–H groups in total. The van der Waals surface area contributed by atoms with Crippen LogP contribution in [-0.2, 0) is 11.2 Å². The third-order valence-electron chi connectivity index (χ3n) is 1.96. The summed E-state index contributed by atoms with van der Waals surface area (Å²) >= 11 is 0. The van der Waals surface area contributed by atoms with Crippen LogP contribution in [0.4, 0.5) is 14.5 Å². The van der Waals surface area contributed by atoms with Crippen molar-refractivity contribution >= 4 is 11.7 Å². The first-order valence-corrected chi connectivity index (χ1v) is 4.28. The van der Waals surface area contributed by atoms with Crippen LogP contribution in [0.25, 0.3) is 0 Å². The SMILES string of the molecule is COc1ncc(N)c(CC(=O)O)c1C(F)F. The number of carboxylic acid groups (broad SMARTS) is 1. The Kier molecular flexibility index (Phi) is 3.60. The van der Waals surface area contributed by atoms with Gasteiger partial charge in [0.2, 0.25) is 5.88 Å². The molecule has 0 atom stereocenters. The summed E-state index contributed by atoms with van der Waals surface area (Å²) in [6, 6.07) is 0. The van der Waals surface area contributed by atoms with Crippen LogP contribution in [0.3, 0.4) is 0 Å². The number of methoxy groups -OCH3 is 1. The molecular formula is C9H10F2N2O3. The van der Waals surface area contributed by atoms with Crippen LogP contribution in [0.5, 0.6) is 5.88 Å². The zero-order chi connectivity index (χ0) is 12.3. The second-order valence-corrected chi connectivity index (χ2v) is 2.99. The molecule has 0 aromatic carbocycles. The van der Waals surface area contributed by atoms with E-state index in [1.165, 1.54) is 7.11 Å². The Morgan fingerprint density at radius 2 is 2.31 bits per heavy atom. The number of halogens is 2. The Morgan fingerprint density at radius 3 is 2.75 bits per heavy atom. The van der Waals surface area contributed by atoms with Gasteiger partial charge in [-0.3, -0.25) is 4.79 Å². The summed E-state index contributed by atoms with van der Waals surface area (Å²) in [5, 5.41) is 8.60. The largest absolute Gasteiger partial charge is 0.481 e. The molecule has 0 bridgehead atoms. The summed E-state index contributed by atoms with van der Waals surface area (Å²) in [4.78, 5) is 14.1. The fraction of sp³-hybridized carbons (Fsp3) is 0.333. The fourth-order valence-corrected chi connectivity index (χ4v) is 1.30. The lowest BCUT2D eigenvalue weighted by Crippen LogP contribution is -2.10. The molecule has 0 aliphatic rings. The lowest BCUT2D eigenvalue weighted by atomic mass is 10.1. The van der Waals surface area contributed by atoms with Gasteiger partial charge in [-0.05, 0) is 0 Å². The zero-order valence-corrected chi connectivity index (χ0v) is 8.41. The van der Waals surface area contributed by atoms with E-state index < -0.39 is 24.4 Å². The summed E-state index contributed by atoms with van der Waals surface area (Å²) in [5.41, 5.74) is 4.61. The summed E-state index contributed by atoms with van der Waals surface area (Å²) < 4.78 is 30.1. The average Bonchev–Trinajstić information content (AvgIpc) is 2.19. The molecule has 0 amide bonds. The summed E-state index contributed by atoms with van der Waals surface area (Å²) in [7, 11) is 1.18. The van der Waals surface area contributed by atoms with Crippen molar-refractivity contribution in [3.8, 4) is 5.88 Å². The van der Waals surface area contributed by atoms with Crippen LogP contribution in [0, 0.1) is 0 Å². The quantitative estimate of drug-likeness (QED) is 0.815. The molecule has 7 heteroatoms. The Morgan fingerprint density at radius 1 is 1.69 bits per heavy atom. The molecule has 5 nitrogen and oxygen atoms in total. The standard InChI is InChI=1S/C9H10F2N2O3/c1-16-9-7(8(10)11)4(2-6(14)15)5(12)3-13-9/h3,8H,2,12H2,1H3,(H,14,15). The van der Waals surface area contributed by atoms with Gasteiger partial charge in [0.1, 0.15) is 0 Å². The van der Waals surface area contributed by atoms with E-state index in [1.54, 1.807) is 0 Å². The number of pyridine rings is 1. The van der Waals surface area contributed by atoms with E-state index >= 15 is 0 Å². The first-order chi connectivity index (χ1) is 7.47. The minimum Gasteiger partial charge on any atom is -0.481 e. The highest BCUT2D eigenvalue weighted by Gasteiger charge is 2.23. The Balaban J connectivity index is 3.35. The number of anilines is 1. The Bertz CT molecular complexity index is 410. The highest BCUT2D eigenvalue weighted by atomic mass is 19.3. The summed E-state index contributed by atoms with van der Waals surface area (Å²) in [6.07, 6.45) is -2.38. The number of carbonyl (C=O) groups is 1. The molecule has 0 aliphatic heterocycles. The van der Waals surface area contributed by atoms with Crippen molar-refractivity contribution in [1.29, 1.82) is 0 Å². The number of rotatable bonds is 4. The number of ether oxygens (including phenoxy) is 1. The Labute approximate surface area is 89.9 Å². The molecule has 1 aromatic heterocycles. The maximum atomic E-state index is 12.7. The molecule has 0 saturated heterocycles. The van der Waals surface area contributed by atoms with Crippen LogP contribution in [0.15, 0.2) is 6.20 Å². The second kappa shape index (κ2) is 4.73. The van der Waals surface area contributed by atoms with Crippen molar-refractivity contribution in [2.75, 3.05) is 12.8 Å². The van der Waals surface area contributed by atoms with Gasteiger partial charge in [0.15, 0.2) is 0 Å². The smallest absolute Gasteiger partial charge is 0.307 e. The molecule has 16 heavy (non-hydrogen) atoms. The number of nitrogens with two attached hydrogens (primary N) is 1. The minimum absolute atomic E-state index is 0.0847. The lowest BCUT2D eigenvalue weighted by Gasteiger charge is -2.12. The summed E-state index contributed by atoms with van der Waals surface area (Å²) in [6.45, 7) is 0. The van der Waals surface area contributed by atoms with Gasteiger partial charge in [0.25, 0.3) is 6.43 Å². The van der Waals surface area contributed by atoms with Gasteiger partial charge in [-0.1, -0.05) is 0 Å². The third kappa shape index (κ3) is 2.36. The van der Waals surface area contributed by atoms with E-state index in [0.717, 1.165) is 6.20 Å².